The Kier molecular flexibility index (Phi) is 9.28. The number of amides is 2. The van der Waals surface area contributed by atoms with E-state index in [2.05, 4.69) is 10.2 Å². The van der Waals surface area contributed by atoms with E-state index in [1.807, 2.05) is 35.2 Å². The smallest absolute Gasteiger partial charge is 0.251 e. The molecule has 1 atom stereocenters. The minimum absolute atomic E-state index is 0.179. The lowest BCUT2D eigenvalue weighted by molar-refractivity contribution is -0.138. The van der Waals surface area contributed by atoms with Gasteiger partial charge >= 0.3 is 0 Å². The van der Waals surface area contributed by atoms with Crippen LogP contribution >= 0.6 is 23.2 Å². The maximum absolute atomic E-state index is 13.5. The van der Waals surface area contributed by atoms with Crippen LogP contribution in [-0.2, 0) is 21.2 Å². The second-order valence-corrected chi connectivity index (χ2v) is 14.2. The molecule has 2 aliphatic rings. The van der Waals surface area contributed by atoms with Crippen LogP contribution in [0.15, 0.2) is 77.7 Å². The van der Waals surface area contributed by atoms with Crippen LogP contribution in [0.25, 0.3) is 0 Å². The van der Waals surface area contributed by atoms with Crippen molar-refractivity contribution in [3.8, 4) is 0 Å². The summed E-state index contributed by atoms with van der Waals surface area (Å²) < 4.78 is 23.5. The highest BCUT2D eigenvalue weighted by molar-refractivity contribution is 7.90. The molecule has 2 saturated heterocycles. The van der Waals surface area contributed by atoms with Crippen molar-refractivity contribution >= 4 is 44.9 Å². The van der Waals surface area contributed by atoms with Gasteiger partial charge in [0.15, 0.2) is 9.84 Å². The Morgan fingerprint density at radius 2 is 1.60 bits per heavy atom. The van der Waals surface area contributed by atoms with Crippen LogP contribution in [-0.4, -0.2) is 62.5 Å². The topological polar surface area (TPSA) is 86.8 Å². The number of sulfone groups is 1. The number of halogens is 2. The maximum atomic E-state index is 13.5. The van der Waals surface area contributed by atoms with Crippen LogP contribution in [0.5, 0.6) is 0 Å². The van der Waals surface area contributed by atoms with E-state index in [4.69, 9.17) is 23.2 Å². The van der Waals surface area contributed by atoms with Gasteiger partial charge in [-0.2, -0.15) is 0 Å². The maximum Gasteiger partial charge on any atom is 0.251 e. The van der Waals surface area contributed by atoms with Gasteiger partial charge in [-0.05, 0) is 80.2 Å². The van der Waals surface area contributed by atoms with Crippen molar-refractivity contribution in [3.05, 3.63) is 99.5 Å². The van der Waals surface area contributed by atoms with Crippen molar-refractivity contribution in [1.29, 1.82) is 0 Å². The van der Waals surface area contributed by atoms with Crippen LogP contribution in [0.2, 0.25) is 10.0 Å². The number of carbonyl (C=O) groups is 2. The Bertz CT molecular complexity index is 1540. The largest absolute Gasteiger partial charge is 0.345 e. The third-order valence-electron chi connectivity index (χ3n) is 8.56. The van der Waals surface area contributed by atoms with Gasteiger partial charge in [0.25, 0.3) is 5.91 Å². The Labute approximate surface area is 257 Å². The predicted molar refractivity (Wildman–Crippen MR) is 165 cm³/mol. The monoisotopic (exact) mass is 627 g/mol. The number of benzene rings is 3. The first-order chi connectivity index (χ1) is 20.0. The second kappa shape index (κ2) is 12.8. The molecule has 0 radical (unpaired) electrons. The Hall–Kier alpha value is -2.91. The molecule has 2 heterocycles. The van der Waals surface area contributed by atoms with Crippen LogP contribution < -0.4 is 5.32 Å². The number of hydrogen-bond donors (Lipinski definition) is 1. The summed E-state index contributed by atoms with van der Waals surface area (Å²) >= 11 is 12.2. The first-order valence-corrected chi connectivity index (χ1v) is 16.8. The highest BCUT2D eigenvalue weighted by atomic mass is 35.5. The minimum Gasteiger partial charge on any atom is -0.345 e. The van der Waals surface area contributed by atoms with E-state index >= 15 is 0 Å². The fourth-order valence-corrected chi connectivity index (χ4v) is 6.90. The summed E-state index contributed by atoms with van der Waals surface area (Å²) in [5, 5.41) is 3.92. The van der Waals surface area contributed by atoms with E-state index in [0.29, 0.717) is 28.7 Å². The Morgan fingerprint density at radius 1 is 0.929 bits per heavy atom. The predicted octanol–water partition coefficient (Wildman–Crippen LogP) is 5.77. The lowest BCUT2D eigenvalue weighted by atomic mass is 9.77. The summed E-state index contributed by atoms with van der Waals surface area (Å²) in [5.41, 5.74) is 2.09. The van der Waals surface area contributed by atoms with Crippen molar-refractivity contribution in [3.63, 3.8) is 0 Å². The highest BCUT2D eigenvalue weighted by Gasteiger charge is 2.47. The van der Waals surface area contributed by atoms with Gasteiger partial charge in [-0.15, -0.1) is 0 Å². The molecule has 0 saturated carbocycles. The first-order valence-electron chi connectivity index (χ1n) is 14.2. The summed E-state index contributed by atoms with van der Waals surface area (Å²) in [7, 11) is -3.25. The number of nitrogens with one attached hydrogen (secondary N) is 1. The second-order valence-electron chi connectivity index (χ2n) is 11.4. The van der Waals surface area contributed by atoms with Gasteiger partial charge < -0.3 is 15.1 Å². The molecule has 7 nitrogen and oxygen atoms in total. The number of piperidine rings is 1. The molecule has 5 rings (SSSR count). The summed E-state index contributed by atoms with van der Waals surface area (Å²) in [4.78, 5) is 31.2. The highest BCUT2D eigenvalue weighted by Crippen LogP contribution is 2.42. The zero-order valence-corrected chi connectivity index (χ0v) is 25.9. The van der Waals surface area contributed by atoms with Gasteiger partial charge in [0.05, 0.1) is 26.4 Å². The molecule has 42 heavy (non-hydrogen) atoms. The van der Waals surface area contributed by atoms with Crippen molar-refractivity contribution in [1.82, 2.24) is 15.1 Å². The van der Waals surface area contributed by atoms with Gasteiger partial charge in [-0.25, -0.2) is 8.42 Å². The molecule has 1 spiro atoms. The fourth-order valence-electron chi connectivity index (χ4n) is 5.97. The van der Waals surface area contributed by atoms with Crippen LogP contribution in [0.1, 0.15) is 53.2 Å². The third-order valence-corrected chi connectivity index (χ3v) is 10.4. The molecule has 2 amide bonds. The molecule has 222 valence electrons. The van der Waals surface area contributed by atoms with Crippen molar-refractivity contribution in [2.45, 2.75) is 43.2 Å². The van der Waals surface area contributed by atoms with Crippen molar-refractivity contribution in [2.75, 3.05) is 32.4 Å². The van der Waals surface area contributed by atoms with Crippen LogP contribution in [0, 0.1) is 5.41 Å². The molecule has 2 aliphatic heterocycles. The normalized spacial score (nSPS) is 17.9. The number of likely N-dealkylation sites (tertiary alicyclic amines) is 2. The third kappa shape index (κ3) is 7.00. The molecule has 3 aromatic carbocycles. The average molecular weight is 629 g/mol. The van der Waals surface area contributed by atoms with E-state index in [1.54, 1.807) is 42.5 Å². The molecular formula is C32H35Cl2N3O4S. The van der Waals surface area contributed by atoms with Crippen molar-refractivity contribution < 1.29 is 18.0 Å². The standard InChI is InChI=1S/C32H35Cl2N3O4S/c1-42(40,41)26-10-7-23(8-11-26)22-37-20-16-32(31(37)39)14-18-36(19-15-32)17-13-29(24-5-3-2-4-6-24)35-30(38)25-9-12-27(33)28(34)21-25/h2-12,21,29H,13-20,22H2,1H3,(H,35,38). The molecule has 0 aromatic heterocycles. The SMILES string of the molecule is CS(=O)(=O)c1ccc(CN2CCC3(CCN(CCC(NC(=O)c4ccc(Cl)c(Cl)c4)c4ccccc4)CC3)C2=O)cc1. The molecule has 10 heteroatoms. The average Bonchev–Trinajstić information content (AvgIpc) is 3.27. The Morgan fingerprint density at radius 3 is 2.24 bits per heavy atom. The molecule has 0 aliphatic carbocycles. The van der Waals surface area contributed by atoms with E-state index in [1.165, 1.54) is 6.26 Å². The Balaban J connectivity index is 1.17. The van der Waals surface area contributed by atoms with Crippen LogP contribution in [0.4, 0.5) is 0 Å². The quantitative estimate of drug-likeness (QED) is 0.325. The zero-order valence-electron chi connectivity index (χ0n) is 23.6. The van der Waals surface area contributed by atoms with Gasteiger partial charge in [-0.1, -0.05) is 65.7 Å². The molecule has 3 aromatic rings. The molecule has 1 N–H and O–H groups in total. The van der Waals surface area contributed by atoms with Gasteiger partial charge in [0.2, 0.25) is 5.91 Å². The minimum atomic E-state index is -3.25. The number of hydrogen-bond acceptors (Lipinski definition) is 5. The summed E-state index contributed by atoms with van der Waals surface area (Å²) in [5.74, 6) is -0.00647. The van der Waals surface area contributed by atoms with Gasteiger partial charge in [0, 0.05) is 31.5 Å². The first kappa shape index (κ1) is 30.5. The van der Waals surface area contributed by atoms with Crippen molar-refractivity contribution in [2.24, 2.45) is 5.41 Å². The number of carbonyl (C=O) groups excluding carboxylic acids is 2. The molecule has 0 bridgehead atoms. The number of rotatable bonds is 9. The molecule has 2 fully saturated rings. The van der Waals surface area contributed by atoms with E-state index in [-0.39, 0.29) is 28.2 Å². The molecular weight excluding hydrogens is 593 g/mol. The van der Waals surface area contributed by atoms with E-state index in [0.717, 1.165) is 56.4 Å². The zero-order chi connectivity index (χ0) is 29.9. The molecule has 1 unspecified atom stereocenters. The van der Waals surface area contributed by atoms with Crippen LogP contribution in [0.3, 0.4) is 0 Å². The summed E-state index contributed by atoms with van der Waals surface area (Å²) in [6.07, 6.45) is 4.38. The number of nitrogens with zero attached hydrogens (tertiary/aromatic N) is 2. The lowest BCUT2D eigenvalue weighted by Crippen LogP contribution is -2.45. The van der Waals surface area contributed by atoms with E-state index < -0.39 is 9.84 Å². The van der Waals surface area contributed by atoms with E-state index in [9.17, 15) is 18.0 Å². The summed E-state index contributed by atoms with van der Waals surface area (Å²) in [6.45, 7) is 3.65. The fraction of sp³-hybridized carbons (Fsp3) is 0.375. The summed E-state index contributed by atoms with van der Waals surface area (Å²) in [6, 6.07) is 21.4. The lowest BCUT2D eigenvalue weighted by Gasteiger charge is -2.38. The van der Waals surface area contributed by atoms with Gasteiger partial charge in [-0.3, -0.25) is 9.59 Å². The van der Waals surface area contributed by atoms with Gasteiger partial charge in [0.1, 0.15) is 0 Å².